The minimum Gasteiger partial charge on any atom is -0.492 e. The van der Waals surface area contributed by atoms with E-state index in [1.807, 2.05) is 20.8 Å². The van der Waals surface area contributed by atoms with Crippen LogP contribution in [0.5, 0.6) is 5.75 Å². The molecule has 0 spiro atoms. The third-order valence-electron chi connectivity index (χ3n) is 2.60. The molecule has 1 rings (SSSR count). The summed E-state index contributed by atoms with van der Waals surface area (Å²) >= 11 is 0. The summed E-state index contributed by atoms with van der Waals surface area (Å²) in [5, 5.41) is 0. The predicted octanol–water partition coefficient (Wildman–Crippen LogP) is 2.33. The number of carbonyl (C=O) groups excluding carboxylic acids is 1. The maximum atomic E-state index is 11.4. The molecule has 0 amide bonds. The first-order valence-electron chi connectivity index (χ1n) is 5.86. The van der Waals surface area contributed by atoms with Crippen LogP contribution in [-0.2, 0) is 20.2 Å². The van der Waals surface area contributed by atoms with E-state index in [4.69, 9.17) is 4.74 Å². The zero-order chi connectivity index (χ0) is 15.6. The average Bonchev–Trinajstić information content (AvgIpc) is 2.25. The molecule has 0 radical (unpaired) electrons. The Labute approximate surface area is 118 Å². The SMILES string of the molecule is COc1c(N=C=O)cc(C(C)(C)C)cc1NS(C)(=O)=O. The maximum absolute atomic E-state index is 11.4. The van der Waals surface area contributed by atoms with Crippen molar-refractivity contribution in [1.82, 2.24) is 0 Å². The van der Waals surface area contributed by atoms with Crippen molar-refractivity contribution in [2.24, 2.45) is 4.99 Å². The lowest BCUT2D eigenvalue weighted by atomic mass is 9.86. The van der Waals surface area contributed by atoms with Crippen molar-refractivity contribution in [1.29, 1.82) is 0 Å². The molecular weight excluding hydrogens is 280 g/mol. The molecule has 0 saturated carbocycles. The number of nitrogens with one attached hydrogen (secondary N) is 1. The van der Waals surface area contributed by atoms with Gasteiger partial charge in [0.05, 0.1) is 19.1 Å². The summed E-state index contributed by atoms with van der Waals surface area (Å²) in [6.07, 6.45) is 2.49. The zero-order valence-electron chi connectivity index (χ0n) is 12.1. The van der Waals surface area contributed by atoms with Gasteiger partial charge < -0.3 is 4.74 Å². The number of benzene rings is 1. The van der Waals surface area contributed by atoms with Gasteiger partial charge in [-0.2, -0.15) is 4.99 Å². The first-order valence-corrected chi connectivity index (χ1v) is 7.76. The Morgan fingerprint density at radius 3 is 2.30 bits per heavy atom. The predicted molar refractivity (Wildman–Crippen MR) is 77.9 cm³/mol. The van der Waals surface area contributed by atoms with Gasteiger partial charge >= 0.3 is 0 Å². The van der Waals surface area contributed by atoms with E-state index >= 15 is 0 Å². The first kappa shape index (κ1) is 16.2. The largest absolute Gasteiger partial charge is 0.492 e. The third kappa shape index (κ3) is 4.08. The van der Waals surface area contributed by atoms with Crippen LogP contribution in [0.3, 0.4) is 0 Å². The second-order valence-electron chi connectivity index (χ2n) is 5.40. The molecular formula is C13H18N2O4S. The highest BCUT2D eigenvalue weighted by Crippen LogP contribution is 2.40. The van der Waals surface area contributed by atoms with Crippen LogP contribution in [-0.4, -0.2) is 27.9 Å². The number of hydrogen-bond acceptors (Lipinski definition) is 5. The van der Waals surface area contributed by atoms with Crippen molar-refractivity contribution in [2.45, 2.75) is 26.2 Å². The number of aliphatic imine (C=N–C) groups is 1. The fourth-order valence-electron chi connectivity index (χ4n) is 1.67. The monoisotopic (exact) mass is 298 g/mol. The summed E-state index contributed by atoms with van der Waals surface area (Å²) in [5.74, 6) is 0.187. The Morgan fingerprint density at radius 2 is 1.90 bits per heavy atom. The molecule has 0 heterocycles. The van der Waals surface area contributed by atoms with Gasteiger partial charge in [-0.05, 0) is 23.1 Å². The molecule has 20 heavy (non-hydrogen) atoms. The summed E-state index contributed by atoms with van der Waals surface area (Å²) in [5.41, 5.74) is 1.06. The van der Waals surface area contributed by atoms with E-state index in [-0.39, 0.29) is 22.5 Å². The molecule has 0 atom stereocenters. The number of anilines is 1. The average molecular weight is 298 g/mol. The lowest BCUT2D eigenvalue weighted by Gasteiger charge is -2.22. The molecule has 1 aromatic carbocycles. The Hall–Kier alpha value is -1.85. The maximum Gasteiger partial charge on any atom is 0.240 e. The topological polar surface area (TPSA) is 84.8 Å². The molecule has 0 fully saturated rings. The molecule has 0 saturated heterocycles. The number of nitrogens with zero attached hydrogens (tertiary/aromatic N) is 1. The van der Waals surface area contributed by atoms with E-state index in [1.165, 1.54) is 13.2 Å². The standard InChI is InChI=1S/C13H18N2O4S/c1-13(2,3)9-6-10(14-8-16)12(19-4)11(7-9)15-20(5,17)18/h6-7,15H,1-5H3. The van der Waals surface area contributed by atoms with E-state index < -0.39 is 10.0 Å². The van der Waals surface area contributed by atoms with Crippen LogP contribution in [0, 0.1) is 0 Å². The zero-order valence-corrected chi connectivity index (χ0v) is 13.0. The van der Waals surface area contributed by atoms with E-state index in [2.05, 4.69) is 9.71 Å². The van der Waals surface area contributed by atoms with Crippen molar-refractivity contribution >= 4 is 27.5 Å². The van der Waals surface area contributed by atoms with Gasteiger partial charge in [-0.1, -0.05) is 20.8 Å². The summed E-state index contributed by atoms with van der Waals surface area (Å²) in [6, 6.07) is 3.35. The van der Waals surface area contributed by atoms with Crippen LogP contribution in [0.1, 0.15) is 26.3 Å². The van der Waals surface area contributed by atoms with Gasteiger partial charge in [-0.15, -0.1) is 0 Å². The summed E-state index contributed by atoms with van der Waals surface area (Å²) in [7, 11) is -2.10. The summed E-state index contributed by atoms with van der Waals surface area (Å²) in [6.45, 7) is 5.90. The smallest absolute Gasteiger partial charge is 0.240 e. The second-order valence-corrected chi connectivity index (χ2v) is 7.15. The van der Waals surface area contributed by atoms with Gasteiger partial charge in [0.2, 0.25) is 16.1 Å². The number of rotatable bonds is 4. The fraction of sp³-hybridized carbons (Fsp3) is 0.462. The van der Waals surface area contributed by atoms with Crippen LogP contribution >= 0.6 is 0 Å². The molecule has 0 aliphatic rings. The first-order chi connectivity index (χ1) is 9.08. The normalized spacial score (nSPS) is 11.7. The van der Waals surface area contributed by atoms with Crippen LogP contribution < -0.4 is 9.46 Å². The van der Waals surface area contributed by atoms with Crippen molar-refractivity contribution in [2.75, 3.05) is 18.1 Å². The van der Waals surface area contributed by atoms with Gasteiger partial charge in [-0.3, -0.25) is 4.72 Å². The Bertz CT molecular complexity index is 654. The van der Waals surface area contributed by atoms with Crippen LogP contribution in [0.2, 0.25) is 0 Å². The molecule has 110 valence electrons. The van der Waals surface area contributed by atoms with E-state index in [1.54, 1.807) is 12.1 Å². The number of hydrogen-bond donors (Lipinski definition) is 1. The fourth-order valence-corrected chi connectivity index (χ4v) is 2.22. The Morgan fingerprint density at radius 1 is 1.30 bits per heavy atom. The van der Waals surface area contributed by atoms with Crippen molar-refractivity contribution < 1.29 is 17.9 Å². The molecule has 0 aliphatic heterocycles. The van der Waals surface area contributed by atoms with Crippen molar-refractivity contribution in [3.8, 4) is 5.75 Å². The van der Waals surface area contributed by atoms with Gasteiger partial charge in [0.15, 0.2) is 5.75 Å². The van der Waals surface area contributed by atoms with Crippen LogP contribution in [0.25, 0.3) is 0 Å². The summed E-state index contributed by atoms with van der Waals surface area (Å²) in [4.78, 5) is 14.1. The quantitative estimate of drug-likeness (QED) is 0.683. The highest BCUT2D eigenvalue weighted by molar-refractivity contribution is 7.92. The molecule has 1 N–H and O–H groups in total. The number of isocyanates is 1. The molecule has 1 aromatic rings. The van der Waals surface area contributed by atoms with Crippen LogP contribution in [0.4, 0.5) is 11.4 Å². The Balaban J connectivity index is 3.61. The molecule has 0 bridgehead atoms. The van der Waals surface area contributed by atoms with Crippen molar-refractivity contribution in [3.05, 3.63) is 17.7 Å². The van der Waals surface area contributed by atoms with Gasteiger partial charge in [-0.25, -0.2) is 13.2 Å². The summed E-state index contributed by atoms with van der Waals surface area (Å²) < 4.78 is 30.4. The van der Waals surface area contributed by atoms with E-state index in [0.717, 1.165) is 11.8 Å². The molecule has 6 nitrogen and oxygen atoms in total. The number of methoxy groups -OCH3 is 1. The third-order valence-corrected chi connectivity index (χ3v) is 3.19. The minimum absolute atomic E-state index is 0.187. The highest BCUT2D eigenvalue weighted by atomic mass is 32.2. The van der Waals surface area contributed by atoms with Gasteiger partial charge in [0.1, 0.15) is 5.69 Å². The van der Waals surface area contributed by atoms with Crippen LogP contribution in [0.15, 0.2) is 17.1 Å². The number of sulfonamides is 1. The van der Waals surface area contributed by atoms with E-state index in [9.17, 15) is 13.2 Å². The molecule has 0 aromatic heterocycles. The second kappa shape index (κ2) is 5.64. The lowest BCUT2D eigenvalue weighted by Crippen LogP contribution is -2.14. The minimum atomic E-state index is -3.47. The van der Waals surface area contributed by atoms with Gasteiger partial charge in [0.25, 0.3) is 0 Å². The van der Waals surface area contributed by atoms with Gasteiger partial charge in [0, 0.05) is 0 Å². The molecule has 0 unspecified atom stereocenters. The van der Waals surface area contributed by atoms with E-state index in [0.29, 0.717) is 0 Å². The molecule has 7 heteroatoms. The van der Waals surface area contributed by atoms with Crippen molar-refractivity contribution in [3.63, 3.8) is 0 Å². The highest BCUT2D eigenvalue weighted by Gasteiger charge is 2.20. The Kier molecular flexibility index (Phi) is 4.57. The lowest BCUT2D eigenvalue weighted by molar-refractivity contribution is 0.417. The number of ether oxygens (including phenoxy) is 1. The molecule has 0 aliphatic carbocycles.